The molecule has 4 heteroatoms. The minimum Gasteiger partial charge on any atom is -0.373 e. The molecular weight excluding hydrogens is 231 g/mol. The molecule has 1 saturated heterocycles. The Kier molecular flexibility index (Phi) is 4.32. The van der Waals surface area contributed by atoms with Gasteiger partial charge in [-0.2, -0.15) is 0 Å². The molecule has 1 aromatic rings. The van der Waals surface area contributed by atoms with Crippen molar-refractivity contribution in [3.8, 4) is 0 Å². The van der Waals surface area contributed by atoms with Crippen molar-refractivity contribution in [2.24, 2.45) is 5.73 Å². The molecule has 100 valence electrons. The summed E-state index contributed by atoms with van der Waals surface area (Å²) in [4.78, 5) is 2.31. The van der Waals surface area contributed by atoms with E-state index < -0.39 is 0 Å². The summed E-state index contributed by atoms with van der Waals surface area (Å²) in [5.74, 6) is -0.223. The molecule has 18 heavy (non-hydrogen) atoms. The number of benzene rings is 1. The first-order chi connectivity index (χ1) is 8.54. The van der Waals surface area contributed by atoms with Crippen LogP contribution in [0.25, 0.3) is 0 Å². The van der Waals surface area contributed by atoms with Crippen molar-refractivity contribution in [3.05, 3.63) is 35.6 Å². The second kappa shape index (κ2) is 5.78. The van der Waals surface area contributed by atoms with Gasteiger partial charge in [0.1, 0.15) is 5.82 Å². The van der Waals surface area contributed by atoms with Crippen LogP contribution in [0.4, 0.5) is 4.39 Å². The summed E-state index contributed by atoms with van der Waals surface area (Å²) in [6, 6.07) is 6.35. The number of hydrogen-bond donors (Lipinski definition) is 1. The third-order valence-corrected chi connectivity index (χ3v) is 3.25. The highest BCUT2D eigenvalue weighted by molar-refractivity contribution is 5.19. The van der Waals surface area contributed by atoms with Crippen LogP contribution in [-0.4, -0.2) is 36.7 Å². The van der Waals surface area contributed by atoms with Crippen LogP contribution in [0.2, 0.25) is 0 Å². The maximum absolute atomic E-state index is 12.8. The maximum Gasteiger partial charge on any atom is 0.123 e. The molecule has 3 nitrogen and oxygen atoms in total. The zero-order chi connectivity index (χ0) is 13.1. The smallest absolute Gasteiger partial charge is 0.123 e. The van der Waals surface area contributed by atoms with E-state index in [0.717, 1.165) is 25.2 Å². The molecule has 1 aromatic carbocycles. The van der Waals surface area contributed by atoms with Crippen LogP contribution in [0, 0.1) is 5.82 Å². The van der Waals surface area contributed by atoms with Gasteiger partial charge in [0.2, 0.25) is 0 Å². The van der Waals surface area contributed by atoms with Gasteiger partial charge < -0.3 is 10.5 Å². The molecule has 0 aliphatic carbocycles. The Morgan fingerprint density at radius 2 is 1.83 bits per heavy atom. The first-order valence-corrected chi connectivity index (χ1v) is 6.43. The SMILES string of the molecule is CC1CN(CC(N)c2ccc(F)cc2)CC(C)O1. The molecule has 1 aliphatic rings. The summed E-state index contributed by atoms with van der Waals surface area (Å²) in [5.41, 5.74) is 7.14. The Morgan fingerprint density at radius 3 is 2.39 bits per heavy atom. The fraction of sp³-hybridized carbons (Fsp3) is 0.571. The van der Waals surface area contributed by atoms with Gasteiger partial charge >= 0.3 is 0 Å². The van der Waals surface area contributed by atoms with Crippen LogP contribution in [0.1, 0.15) is 25.5 Å². The second-order valence-electron chi connectivity index (χ2n) is 5.13. The predicted molar refractivity (Wildman–Crippen MR) is 69.8 cm³/mol. The van der Waals surface area contributed by atoms with E-state index in [0.29, 0.717) is 0 Å². The van der Waals surface area contributed by atoms with Crippen molar-refractivity contribution in [3.63, 3.8) is 0 Å². The zero-order valence-corrected chi connectivity index (χ0v) is 11.0. The number of nitrogens with zero attached hydrogens (tertiary/aromatic N) is 1. The van der Waals surface area contributed by atoms with Crippen LogP contribution in [-0.2, 0) is 4.74 Å². The number of morpholine rings is 1. The third-order valence-electron chi connectivity index (χ3n) is 3.25. The number of halogens is 1. The summed E-state index contributed by atoms with van der Waals surface area (Å²) >= 11 is 0. The maximum atomic E-state index is 12.8. The quantitative estimate of drug-likeness (QED) is 0.893. The Bertz CT molecular complexity index is 372. The van der Waals surface area contributed by atoms with Gasteiger partial charge in [-0.05, 0) is 31.5 Å². The highest BCUT2D eigenvalue weighted by atomic mass is 19.1. The summed E-state index contributed by atoms with van der Waals surface area (Å²) in [6.45, 7) is 6.74. The predicted octanol–water partition coefficient (Wildman–Crippen LogP) is 1.93. The number of rotatable bonds is 3. The van der Waals surface area contributed by atoms with E-state index in [-0.39, 0.29) is 24.1 Å². The largest absolute Gasteiger partial charge is 0.373 e. The lowest BCUT2D eigenvalue weighted by Gasteiger charge is -2.36. The molecule has 3 unspecified atom stereocenters. The van der Waals surface area contributed by atoms with Gasteiger partial charge in [-0.25, -0.2) is 4.39 Å². The van der Waals surface area contributed by atoms with Gasteiger partial charge in [-0.3, -0.25) is 4.90 Å². The lowest BCUT2D eigenvalue weighted by molar-refractivity contribution is -0.0691. The minimum absolute atomic E-state index is 0.0805. The van der Waals surface area contributed by atoms with Gasteiger partial charge in [-0.1, -0.05) is 12.1 Å². The Balaban J connectivity index is 1.94. The van der Waals surface area contributed by atoms with Crippen LogP contribution in [0.15, 0.2) is 24.3 Å². The number of ether oxygens (including phenoxy) is 1. The molecule has 3 atom stereocenters. The first-order valence-electron chi connectivity index (χ1n) is 6.43. The Labute approximate surface area is 108 Å². The van der Waals surface area contributed by atoms with Crippen molar-refractivity contribution in [2.75, 3.05) is 19.6 Å². The van der Waals surface area contributed by atoms with Gasteiger partial charge in [-0.15, -0.1) is 0 Å². The molecule has 0 saturated carbocycles. The lowest BCUT2D eigenvalue weighted by atomic mass is 10.1. The fourth-order valence-electron chi connectivity index (χ4n) is 2.53. The van der Waals surface area contributed by atoms with E-state index in [1.165, 1.54) is 12.1 Å². The van der Waals surface area contributed by atoms with Crippen molar-refractivity contribution >= 4 is 0 Å². The van der Waals surface area contributed by atoms with E-state index in [1.807, 2.05) is 0 Å². The molecule has 0 bridgehead atoms. The molecule has 2 N–H and O–H groups in total. The van der Waals surface area contributed by atoms with Crippen molar-refractivity contribution in [1.82, 2.24) is 4.90 Å². The van der Waals surface area contributed by atoms with Crippen LogP contribution in [0.3, 0.4) is 0 Å². The van der Waals surface area contributed by atoms with Crippen molar-refractivity contribution < 1.29 is 9.13 Å². The summed E-state index contributed by atoms with van der Waals surface area (Å²) in [7, 11) is 0. The van der Waals surface area contributed by atoms with E-state index in [1.54, 1.807) is 12.1 Å². The normalized spacial score (nSPS) is 27.1. The summed E-state index contributed by atoms with van der Waals surface area (Å²) < 4.78 is 18.5. The van der Waals surface area contributed by atoms with Crippen LogP contribution >= 0.6 is 0 Å². The van der Waals surface area contributed by atoms with Crippen molar-refractivity contribution in [1.29, 1.82) is 0 Å². The topological polar surface area (TPSA) is 38.5 Å². The van der Waals surface area contributed by atoms with Crippen LogP contribution < -0.4 is 5.73 Å². The zero-order valence-electron chi connectivity index (χ0n) is 11.0. The van der Waals surface area contributed by atoms with Crippen molar-refractivity contribution in [2.45, 2.75) is 32.1 Å². The number of nitrogens with two attached hydrogens (primary N) is 1. The summed E-state index contributed by atoms with van der Waals surface area (Å²) in [5, 5.41) is 0. The molecule has 1 heterocycles. The highest BCUT2D eigenvalue weighted by Gasteiger charge is 2.23. The molecule has 1 fully saturated rings. The fourth-order valence-corrected chi connectivity index (χ4v) is 2.53. The third kappa shape index (κ3) is 3.51. The average Bonchev–Trinajstić information content (AvgIpc) is 2.28. The molecule has 0 radical (unpaired) electrons. The summed E-state index contributed by atoms with van der Waals surface area (Å²) in [6.07, 6.45) is 0.489. The van der Waals surface area contributed by atoms with Gasteiger partial charge in [0.05, 0.1) is 12.2 Å². The van der Waals surface area contributed by atoms with Crippen LogP contribution in [0.5, 0.6) is 0 Å². The molecule has 1 aliphatic heterocycles. The lowest BCUT2D eigenvalue weighted by Crippen LogP contribution is -2.47. The van der Waals surface area contributed by atoms with Gasteiger partial charge in [0, 0.05) is 25.7 Å². The minimum atomic E-state index is -0.223. The van der Waals surface area contributed by atoms with E-state index in [9.17, 15) is 4.39 Å². The standard InChI is InChI=1S/C14H21FN2O/c1-10-7-17(8-11(2)18-10)9-14(16)12-3-5-13(15)6-4-12/h3-6,10-11,14H,7-9,16H2,1-2H3. The Morgan fingerprint density at radius 1 is 1.28 bits per heavy atom. The van der Waals surface area contributed by atoms with Gasteiger partial charge in [0.25, 0.3) is 0 Å². The Hall–Kier alpha value is -0.970. The van der Waals surface area contributed by atoms with E-state index >= 15 is 0 Å². The molecule has 2 rings (SSSR count). The van der Waals surface area contributed by atoms with E-state index in [2.05, 4.69) is 18.7 Å². The molecule has 0 aromatic heterocycles. The second-order valence-corrected chi connectivity index (χ2v) is 5.13. The molecule has 0 amide bonds. The average molecular weight is 252 g/mol. The number of hydrogen-bond acceptors (Lipinski definition) is 3. The van der Waals surface area contributed by atoms with E-state index in [4.69, 9.17) is 10.5 Å². The molecular formula is C14H21FN2O. The monoisotopic (exact) mass is 252 g/mol. The first kappa shape index (κ1) is 13.5. The van der Waals surface area contributed by atoms with Gasteiger partial charge in [0.15, 0.2) is 0 Å². The molecule has 0 spiro atoms. The highest BCUT2D eigenvalue weighted by Crippen LogP contribution is 2.16.